The summed E-state index contributed by atoms with van der Waals surface area (Å²) in [6.07, 6.45) is 1.50. The van der Waals surface area contributed by atoms with Crippen LogP contribution in [0, 0.1) is 0 Å². The molecule has 4 N–H and O–H groups in total. The molecule has 0 saturated carbocycles. The van der Waals surface area contributed by atoms with Crippen molar-refractivity contribution in [2.45, 2.75) is 25.4 Å². The highest BCUT2D eigenvalue weighted by Gasteiger charge is 2.26. The average Bonchev–Trinajstić information content (AvgIpc) is 2.39. The van der Waals surface area contributed by atoms with Crippen LogP contribution in [0.4, 0.5) is 5.69 Å². The first-order chi connectivity index (χ1) is 9.11. The van der Waals surface area contributed by atoms with Gasteiger partial charge < -0.3 is 11.1 Å². The Bertz CT molecular complexity index is 528. The Balaban J connectivity index is 2.05. The van der Waals surface area contributed by atoms with Gasteiger partial charge in [-0.05, 0) is 18.1 Å². The molecule has 0 aromatic heterocycles. The molecular weight excluding hydrogens is 246 g/mol. The number of nitrogen functional groups attached to an aromatic ring is 1. The molecular formula is C13H15N3O3. The van der Waals surface area contributed by atoms with Gasteiger partial charge in [-0.3, -0.25) is 19.7 Å². The largest absolute Gasteiger partial charge is 0.398 e. The molecule has 1 aromatic carbocycles. The highest BCUT2D eigenvalue weighted by molar-refractivity contribution is 6.00. The van der Waals surface area contributed by atoms with E-state index in [1.54, 1.807) is 18.2 Å². The van der Waals surface area contributed by atoms with E-state index in [2.05, 4.69) is 10.6 Å². The summed E-state index contributed by atoms with van der Waals surface area (Å²) >= 11 is 0. The quantitative estimate of drug-likeness (QED) is 0.401. The number of piperidine rings is 1. The van der Waals surface area contributed by atoms with Crippen molar-refractivity contribution in [3.05, 3.63) is 29.3 Å². The third-order valence-electron chi connectivity index (χ3n) is 3.14. The van der Waals surface area contributed by atoms with Gasteiger partial charge in [-0.1, -0.05) is 12.1 Å². The predicted molar refractivity (Wildman–Crippen MR) is 69.3 cm³/mol. The van der Waals surface area contributed by atoms with Crippen LogP contribution in [-0.2, 0) is 16.1 Å². The second-order valence-corrected chi connectivity index (χ2v) is 4.42. The third-order valence-corrected chi connectivity index (χ3v) is 3.14. The molecule has 0 aliphatic carbocycles. The summed E-state index contributed by atoms with van der Waals surface area (Å²) < 4.78 is 0. The van der Waals surface area contributed by atoms with E-state index in [9.17, 15) is 14.4 Å². The fourth-order valence-corrected chi connectivity index (χ4v) is 2.05. The lowest BCUT2D eigenvalue weighted by atomic mass is 10.0. The van der Waals surface area contributed by atoms with Crippen LogP contribution in [0.15, 0.2) is 18.2 Å². The third kappa shape index (κ3) is 2.97. The van der Waals surface area contributed by atoms with Gasteiger partial charge >= 0.3 is 0 Å². The summed E-state index contributed by atoms with van der Waals surface area (Å²) in [5.74, 6) is -0.589. The number of carbonyl (C=O) groups excluding carboxylic acids is 3. The zero-order valence-electron chi connectivity index (χ0n) is 10.3. The van der Waals surface area contributed by atoms with Crippen LogP contribution in [-0.4, -0.2) is 24.1 Å². The van der Waals surface area contributed by atoms with E-state index in [1.807, 2.05) is 0 Å². The van der Waals surface area contributed by atoms with Gasteiger partial charge in [0.2, 0.25) is 11.8 Å². The first-order valence-electron chi connectivity index (χ1n) is 6.01. The molecule has 1 fully saturated rings. The Morgan fingerprint density at radius 3 is 2.89 bits per heavy atom. The average molecular weight is 261 g/mol. The zero-order valence-corrected chi connectivity index (χ0v) is 10.3. The maximum absolute atomic E-state index is 11.6. The van der Waals surface area contributed by atoms with Gasteiger partial charge in [-0.2, -0.15) is 0 Å². The molecule has 2 rings (SSSR count). The van der Waals surface area contributed by atoms with Crippen molar-refractivity contribution in [3.8, 4) is 0 Å². The normalized spacial score (nSPS) is 19.1. The summed E-state index contributed by atoms with van der Waals surface area (Å²) in [6.45, 7) is 0.313. The van der Waals surface area contributed by atoms with Gasteiger partial charge in [0.25, 0.3) is 0 Å². The number of carbonyl (C=O) groups is 3. The minimum atomic E-state index is -0.434. The summed E-state index contributed by atoms with van der Waals surface area (Å²) in [5.41, 5.74) is 7.49. The molecule has 0 radical (unpaired) electrons. The van der Waals surface area contributed by atoms with Crippen molar-refractivity contribution in [1.29, 1.82) is 0 Å². The molecule has 1 unspecified atom stereocenters. The van der Waals surface area contributed by atoms with Gasteiger partial charge in [0.1, 0.15) is 6.29 Å². The molecule has 1 heterocycles. The number of rotatable bonds is 4. The number of nitrogens with one attached hydrogen (secondary N) is 2. The fraction of sp³-hybridized carbons (Fsp3) is 0.308. The first-order valence-corrected chi connectivity index (χ1v) is 6.01. The molecule has 19 heavy (non-hydrogen) atoms. The lowest BCUT2D eigenvalue weighted by molar-refractivity contribution is -0.134. The van der Waals surface area contributed by atoms with Crippen molar-refractivity contribution in [2.24, 2.45) is 0 Å². The van der Waals surface area contributed by atoms with Gasteiger partial charge in [0, 0.05) is 24.2 Å². The number of hydrogen-bond donors (Lipinski definition) is 3. The van der Waals surface area contributed by atoms with Gasteiger partial charge in [-0.25, -0.2) is 0 Å². The summed E-state index contributed by atoms with van der Waals surface area (Å²) in [4.78, 5) is 33.5. The number of nitrogens with two attached hydrogens (primary N) is 1. The number of imide groups is 1. The van der Waals surface area contributed by atoms with Crippen LogP contribution in [0.2, 0.25) is 0 Å². The fourth-order valence-electron chi connectivity index (χ4n) is 2.05. The smallest absolute Gasteiger partial charge is 0.243 e. The standard InChI is InChI=1S/C13H15N3O3/c14-10-3-1-2-8(7-17)9(10)6-15-11-4-5-12(18)16-13(11)19/h1-3,7,11,15H,4-6,14H2,(H,16,18,19). The second kappa shape index (κ2) is 5.62. The zero-order chi connectivity index (χ0) is 13.8. The number of amides is 2. The van der Waals surface area contributed by atoms with E-state index in [-0.39, 0.29) is 11.8 Å². The Morgan fingerprint density at radius 2 is 2.21 bits per heavy atom. The highest BCUT2D eigenvalue weighted by atomic mass is 16.2. The lowest BCUT2D eigenvalue weighted by Crippen LogP contribution is -2.50. The molecule has 1 aliphatic rings. The summed E-state index contributed by atoms with van der Waals surface area (Å²) in [6, 6.07) is 4.64. The number of aldehydes is 1. The molecule has 0 bridgehead atoms. The maximum atomic E-state index is 11.6. The van der Waals surface area contributed by atoms with Crippen LogP contribution in [0.5, 0.6) is 0 Å². The van der Waals surface area contributed by atoms with E-state index < -0.39 is 6.04 Å². The molecule has 2 amide bonds. The molecule has 1 saturated heterocycles. The molecule has 6 heteroatoms. The molecule has 100 valence electrons. The van der Waals surface area contributed by atoms with Gasteiger partial charge in [0.05, 0.1) is 6.04 Å². The van der Waals surface area contributed by atoms with Crippen molar-refractivity contribution in [1.82, 2.24) is 10.6 Å². The lowest BCUT2D eigenvalue weighted by Gasteiger charge is -2.22. The molecule has 0 spiro atoms. The molecule has 1 aliphatic heterocycles. The first kappa shape index (κ1) is 13.2. The van der Waals surface area contributed by atoms with E-state index in [0.717, 1.165) is 6.29 Å². The van der Waals surface area contributed by atoms with Crippen LogP contribution < -0.4 is 16.4 Å². The van der Waals surface area contributed by atoms with Crippen molar-refractivity contribution >= 4 is 23.8 Å². The Labute approximate surface area is 110 Å². The van der Waals surface area contributed by atoms with Gasteiger partial charge in [0.15, 0.2) is 0 Å². The maximum Gasteiger partial charge on any atom is 0.243 e. The van der Waals surface area contributed by atoms with E-state index in [1.165, 1.54) is 0 Å². The van der Waals surface area contributed by atoms with Crippen molar-refractivity contribution in [3.63, 3.8) is 0 Å². The van der Waals surface area contributed by atoms with Crippen LogP contribution in [0.1, 0.15) is 28.8 Å². The minimum absolute atomic E-state index is 0.254. The monoisotopic (exact) mass is 261 g/mol. The Hall–Kier alpha value is -2.21. The second-order valence-electron chi connectivity index (χ2n) is 4.42. The van der Waals surface area contributed by atoms with E-state index in [4.69, 9.17) is 5.73 Å². The van der Waals surface area contributed by atoms with Crippen LogP contribution in [0.3, 0.4) is 0 Å². The number of benzene rings is 1. The van der Waals surface area contributed by atoms with E-state index >= 15 is 0 Å². The minimum Gasteiger partial charge on any atom is -0.398 e. The molecule has 1 aromatic rings. The van der Waals surface area contributed by atoms with Crippen LogP contribution >= 0.6 is 0 Å². The number of anilines is 1. The van der Waals surface area contributed by atoms with Crippen molar-refractivity contribution < 1.29 is 14.4 Å². The van der Waals surface area contributed by atoms with Gasteiger partial charge in [-0.15, -0.1) is 0 Å². The molecule has 1 atom stereocenters. The molecule has 6 nitrogen and oxygen atoms in total. The van der Waals surface area contributed by atoms with E-state index in [0.29, 0.717) is 36.2 Å². The Kier molecular flexibility index (Phi) is 3.91. The summed E-state index contributed by atoms with van der Waals surface area (Å²) in [5, 5.41) is 5.29. The topological polar surface area (TPSA) is 101 Å². The van der Waals surface area contributed by atoms with Crippen molar-refractivity contribution in [2.75, 3.05) is 5.73 Å². The SMILES string of the molecule is Nc1cccc(C=O)c1CNC1CCC(=O)NC1=O. The Morgan fingerprint density at radius 1 is 1.42 bits per heavy atom. The van der Waals surface area contributed by atoms with Crippen LogP contribution in [0.25, 0.3) is 0 Å². The summed E-state index contributed by atoms with van der Waals surface area (Å²) in [7, 11) is 0. The predicted octanol–water partition coefficient (Wildman–Crippen LogP) is -0.0239. The highest BCUT2D eigenvalue weighted by Crippen LogP contribution is 2.16. The number of hydrogen-bond acceptors (Lipinski definition) is 5.